The third-order valence-electron chi connectivity index (χ3n) is 3.67. The average molecular weight is 325 g/mol. The average Bonchev–Trinajstić information content (AvgIpc) is 2.93. The van der Waals surface area contributed by atoms with E-state index in [2.05, 4.69) is 29.2 Å². The Balaban J connectivity index is 1.53. The third kappa shape index (κ3) is 5.34. The summed E-state index contributed by atoms with van der Waals surface area (Å²) in [4.78, 5) is 4.53. The van der Waals surface area contributed by atoms with Crippen LogP contribution in [0.4, 0.5) is 0 Å². The number of hydrogen-bond donors (Lipinski definition) is 0. The second-order valence-electron chi connectivity index (χ2n) is 5.57. The molecule has 122 valence electrons. The molecule has 0 saturated heterocycles. The van der Waals surface area contributed by atoms with Crippen LogP contribution in [0.3, 0.4) is 0 Å². The number of unbranched alkanes of at least 4 members (excludes halogenated alkanes) is 3. The molecule has 0 aliphatic carbocycles. The van der Waals surface area contributed by atoms with Crippen molar-refractivity contribution >= 4 is 11.6 Å². The van der Waals surface area contributed by atoms with E-state index in [9.17, 15) is 0 Å². The lowest BCUT2D eigenvalue weighted by atomic mass is 10.2. The van der Waals surface area contributed by atoms with Gasteiger partial charge in [-0.3, -0.25) is 0 Å². The van der Waals surface area contributed by atoms with Crippen LogP contribution in [0.2, 0.25) is 5.02 Å². The molecule has 1 aromatic rings. The molecule has 22 heavy (non-hydrogen) atoms. The van der Waals surface area contributed by atoms with Crippen molar-refractivity contribution in [3.05, 3.63) is 35.6 Å². The van der Waals surface area contributed by atoms with Crippen molar-refractivity contribution in [2.75, 3.05) is 34.0 Å². The van der Waals surface area contributed by atoms with Crippen LogP contribution in [0, 0.1) is 0 Å². The molecule has 4 nitrogen and oxygen atoms in total. The number of methoxy groups -OCH3 is 1. The maximum Gasteiger partial charge on any atom is 0.138 e. The van der Waals surface area contributed by atoms with Gasteiger partial charge in [-0.2, -0.15) is 0 Å². The molecule has 0 fully saturated rings. The van der Waals surface area contributed by atoms with Crippen molar-refractivity contribution in [1.29, 1.82) is 0 Å². The van der Waals surface area contributed by atoms with Gasteiger partial charge in [0, 0.05) is 32.1 Å². The molecule has 2 rings (SSSR count). The second-order valence-corrected chi connectivity index (χ2v) is 5.98. The summed E-state index contributed by atoms with van der Waals surface area (Å²) in [5.74, 6) is 1.48. The molecule has 0 radical (unpaired) electrons. The summed E-state index contributed by atoms with van der Waals surface area (Å²) >= 11 is 6.13. The lowest BCUT2D eigenvalue weighted by Gasteiger charge is -2.17. The fourth-order valence-corrected chi connectivity index (χ4v) is 2.64. The Kier molecular flexibility index (Phi) is 6.72. The highest BCUT2D eigenvalue weighted by atomic mass is 35.5. The molecule has 0 spiro atoms. The van der Waals surface area contributed by atoms with Gasteiger partial charge in [-0.05, 0) is 25.0 Å². The summed E-state index contributed by atoms with van der Waals surface area (Å²) in [7, 11) is 3.72. The molecule has 1 aliphatic heterocycles. The first kappa shape index (κ1) is 16.8. The lowest BCUT2D eigenvalue weighted by Crippen LogP contribution is -2.23. The zero-order chi connectivity index (χ0) is 15.8. The van der Waals surface area contributed by atoms with Crippen molar-refractivity contribution < 1.29 is 9.47 Å². The zero-order valence-corrected chi connectivity index (χ0v) is 14.2. The van der Waals surface area contributed by atoms with Gasteiger partial charge in [-0.15, -0.1) is 0 Å². The summed E-state index contributed by atoms with van der Waals surface area (Å²) < 4.78 is 10.8. The Morgan fingerprint density at radius 1 is 1.14 bits per heavy atom. The molecule has 0 unspecified atom stereocenters. The van der Waals surface area contributed by atoms with E-state index >= 15 is 0 Å². The third-order valence-corrected chi connectivity index (χ3v) is 3.97. The van der Waals surface area contributed by atoms with Crippen molar-refractivity contribution in [2.24, 2.45) is 0 Å². The largest absolute Gasteiger partial charge is 0.497 e. The Labute approximate surface area is 138 Å². The molecule has 0 amide bonds. The SMILES string of the molecule is COc1ccc(OCCCCCCN2C=CN(C)C2)c(Cl)c1. The standard InChI is InChI=1S/C17H25ClN2O2/c1-19-10-11-20(14-19)9-5-3-4-6-12-22-17-8-7-15(21-2)13-16(17)18/h7-8,10-11,13H,3-6,9,12,14H2,1-2H3. The highest BCUT2D eigenvalue weighted by Crippen LogP contribution is 2.28. The first-order valence-electron chi connectivity index (χ1n) is 7.78. The van der Waals surface area contributed by atoms with E-state index in [-0.39, 0.29) is 0 Å². The van der Waals surface area contributed by atoms with E-state index in [1.807, 2.05) is 12.1 Å². The summed E-state index contributed by atoms with van der Waals surface area (Å²) in [6, 6.07) is 5.50. The minimum Gasteiger partial charge on any atom is -0.497 e. The van der Waals surface area contributed by atoms with Crippen LogP contribution in [0.25, 0.3) is 0 Å². The minimum absolute atomic E-state index is 0.601. The molecule has 5 heteroatoms. The van der Waals surface area contributed by atoms with E-state index in [0.29, 0.717) is 11.6 Å². The van der Waals surface area contributed by atoms with E-state index in [0.717, 1.165) is 31.1 Å². The number of halogens is 1. The number of benzene rings is 1. The topological polar surface area (TPSA) is 24.9 Å². The van der Waals surface area contributed by atoms with Gasteiger partial charge < -0.3 is 19.3 Å². The van der Waals surface area contributed by atoms with Gasteiger partial charge in [-0.1, -0.05) is 24.4 Å². The van der Waals surface area contributed by atoms with Gasteiger partial charge in [0.2, 0.25) is 0 Å². The fraction of sp³-hybridized carbons (Fsp3) is 0.529. The van der Waals surface area contributed by atoms with Crippen LogP contribution in [0.1, 0.15) is 25.7 Å². The molecule has 1 heterocycles. The van der Waals surface area contributed by atoms with Crippen LogP contribution < -0.4 is 9.47 Å². The van der Waals surface area contributed by atoms with Crippen LogP contribution in [0.15, 0.2) is 30.6 Å². The summed E-state index contributed by atoms with van der Waals surface area (Å²) in [6.07, 6.45) is 8.97. The predicted octanol–water partition coefficient (Wildman–Crippen LogP) is 3.96. The van der Waals surface area contributed by atoms with Crippen molar-refractivity contribution in [1.82, 2.24) is 9.80 Å². The summed E-state index contributed by atoms with van der Waals surface area (Å²) in [5.41, 5.74) is 0. The summed E-state index contributed by atoms with van der Waals surface area (Å²) in [5, 5.41) is 0.601. The van der Waals surface area contributed by atoms with Gasteiger partial charge in [0.25, 0.3) is 0 Å². The second kappa shape index (κ2) is 8.79. The number of rotatable bonds is 9. The van der Waals surface area contributed by atoms with E-state index in [1.54, 1.807) is 13.2 Å². The molecule has 0 saturated carbocycles. The maximum atomic E-state index is 6.13. The Hall–Kier alpha value is -1.55. The van der Waals surface area contributed by atoms with Crippen LogP contribution in [0.5, 0.6) is 11.5 Å². The van der Waals surface area contributed by atoms with Crippen LogP contribution in [-0.4, -0.2) is 43.8 Å². The lowest BCUT2D eigenvalue weighted by molar-refractivity contribution is 0.283. The molecule has 1 aromatic carbocycles. The zero-order valence-electron chi connectivity index (χ0n) is 13.4. The minimum atomic E-state index is 0.601. The van der Waals surface area contributed by atoms with Gasteiger partial charge in [0.15, 0.2) is 0 Å². The van der Waals surface area contributed by atoms with Gasteiger partial charge in [0.05, 0.1) is 25.4 Å². The number of hydrogen-bond acceptors (Lipinski definition) is 4. The summed E-state index contributed by atoms with van der Waals surface area (Å²) in [6.45, 7) is 2.85. The first-order valence-corrected chi connectivity index (χ1v) is 8.16. The smallest absolute Gasteiger partial charge is 0.138 e. The monoisotopic (exact) mass is 324 g/mol. The first-order chi connectivity index (χ1) is 10.7. The van der Waals surface area contributed by atoms with Crippen molar-refractivity contribution in [2.45, 2.75) is 25.7 Å². The Bertz CT molecular complexity index is 494. The van der Waals surface area contributed by atoms with Gasteiger partial charge in [-0.25, -0.2) is 0 Å². The molecule has 0 atom stereocenters. The van der Waals surface area contributed by atoms with Crippen LogP contribution in [-0.2, 0) is 0 Å². The number of nitrogens with zero attached hydrogens (tertiary/aromatic N) is 2. The Morgan fingerprint density at radius 2 is 1.95 bits per heavy atom. The Morgan fingerprint density at radius 3 is 2.64 bits per heavy atom. The molecule has 0 N–H and O–H groups in total. The maximum absolute atomic E-state index is 6.13. The van der Waals surface area contributed by atoms with E-state index in [4.69, 9.17) is 21.1 Å². The fourth-order valence-electron chi connectivity index (χ4n) is 2.41. The van der Waals surface area contributed by atoms with Gasteiger partial charge >= 0.3 is 0 Å². The van der Waals surface area contributed by atoms with Gasteiger partial charge in [0.1, 0.15) is 11.5 Å². The normalized spacial score (nSPS) is 13.8. The molecule has 0 aromatic heterocycles. The number of ether oxygens (including phenoxy) is 2. The van der Waals surface area contributed by atoms with Crippen molar-refractivity contribution in [3.63, 3.8) is 0 Å². The molecular weight excluding hydrogens is 300 g/mol. The highest BCUT2D eigenvalue weighted by molar-refractivity contribution is 6.32. The quantitative estimate of drug-likeness (QED) is 0.642. The predicted molar refractivity (Wildman–Crippen MR) is 90.4 cm³/mol. The van der Waals surface area contributed by atoms with E-state index in [1.165, 1.54) is 19.3 Å². The molecule has 1 aliphatic rings. The molecule has 0 bridgehead atoms. The van der Waals surface area contributed by atoms with Crippen LogP contribution >= 0.6 is 11.6 Å². The molecular formula is C17H25ClN2O2. The van der Waals surface area contributed by atoms with E-state index < -0.39 is 0 Å². The van der Waals surface area contributed by atoms with Crippen molar-refractivity contribution in [3.8, 4) is 11.5 Å². The highest BCUT2D eigenvalue weighted by Gasteiger charge is 2.07.